The highest BCUT2D eigenvalue weighted by atomic mass is 32.2. The van der Waals surface area contributed by atoms with Gasteiger partial charge in [-0.25, -0.2) is 4.98 Å². The van der Waals surface area contributed by atoms with Crippen molar-refractivity contribution in [3.8, 4) is 0 Å². The highest BCUT2D eigenvalue weighted by Crippen LogP contribution is 2.57. The lowest BCUT2D eigenvalue weighted by molar-refractivity contribution is -0.143. The van der Waals surface area contributed by atoms with E-state index >= 15 is 0 Å². The van der Waals surface area contributed by atoms with E-state index in [4.69, 9.17) is 4.98 Å². The van der Waals surface area contributed by atoms with Crippen molar-refractivity contribution in [2.24, 2.45) is 23.2 Å². The normalized spacial score (nSPS) is 29.6. The number of rotatable bonds is 7. The van der Waals surface area contributed by atoms with Crippen molar-refractivity contribution < 1.29 is 9.90 Å². The minimum absolute atomic E-state index is 0.0152. The molecular formula is C27H36N2O2S2. The molecule has 6 atom stereocenters. The van der Waals surface area contributed by atoms with Gasteiger partial charge in [0.25, 0.3) is 0 Å². The Balaban J connectivity index is 1.52. The van der Waals surface area contributed by atoms with Gasteiger partial charge in [0.05, 0.1) is 17.6 Å². The van der Waals surface area contributed by atoms with Gasteiger partial charge in [-0.2, -0.15) is 0 Å². The third kappa shape index (κ3) is 4.80. The lowest BCUT2D eigenvalue weighted by Crippen LogP contribution is -2.53. The summed E-state index contributed by atoms with van der Waals surface area (Å²) in [6, 6.07) is 10.5. The smallest absolute Gasteiger partial charge is 0.225 e. The van der Waals surface area contributed by atoms with Crippen LogP contribution in [0.5, 0.6) is 0 Å². The standard InChI is InChI=1S/C27H36N2O2S2/c1-6-14-29(5)26(31)17(2)20-12-13-27(4)15-21-24(18(3)23(27)25(20)30)28-22(33-21)16-32-19-10-8-7-9-11-19/h6-11,17-18,20,23,25,30H,1,12-16H2,2-5H3/t17-,18+,20+,23+,25-,27+/m0/s1. The van der Waals surface area contributed by atoms with Crippen LogP contribution in [0.1, 0.15) is 55.1 Å². The molecule has 0 spiro atoms. The van der Waals surface area contributed by atoms with Gasteiger partial charge in [-0.1, -0.05) is 45.0 Å². The van der Waals surface area contributed by atoms with Gasteiger partial charge in [0.1, 0.15) is 5.01 Å². The van der Waals surface area contributed by atoms with Gasteiger partial charge in [-0.3, -0.25) is 4.79 Å². The van der Waals surface area contributed by atoms with E-state index < -0.39 is 6.10 Å². The maximum absolute atomic E-state index is 12.9. The van der Waals surface area contributed by atoms with Gasteiger partial charge in [0.2, 0.25) is 5.91 Å². The summed E-state index contributed by atoms with van der Waals surface area (Å²) in [5.74, 6) is 1.08. The Labute approximate surface area is 206 Å². The van der Waals surface area contributed by atoms with Crippen LogP contribution in [0.15, 0.2) is 47.9 Å². The number of benzene rings is 1. The van der Waals surface area contributed by atoms with Gasteiger partial charge in [-0.05, 0) is 48.6 Å². The van der Waals surface area contributed by atoms with Gasteiger partial charge in [0, 0.05) is 35.2 Å². The van der Waals surface area contributed by atoms with Crippen LogP contribution >= 0.6 is 23.1 Å². The van der Waals surface area contributed by atoms with Crippen molar-refractivity contribution in [3.63, 3.8) is 0 Å². The molecular weight excluding hydrogens is 448 g/mol. The predicted molar refractivity (Wildman–Crippen MR) is 138 cm³/mol. The molecule has 178 valence electrons. The first kappa shape index (κ1) is 24.5. The van der Waals surface area contributed by atoms with E-state index in [2.05, 4.69) is 44.7 Å². The summed E-state index contributed by atoms with van der Waals surface area (Å²) in [6.07, 6.45) is 4.16. The SMILES string of the molecule is C=CCN(C)C(=O)[C@@H](C)[C@H]1CC[C@]2(C)Cc3sc(CSc4ccccc4)nc3[C@H](C)[C@@H]2[C@H]1O. The predicted octanol–water partition coefficient (Wildman–Crippen LogP) is 5.77. The van der Waals surface area contributed by atoms with Crippen LogP contribution in [-0.2, 0) is 17.0 Å². The first-order valence-electron chi connectivity index (χ1n) is 12.0. The van der Waals surface area contributed by atoms with Gasteiger partial charge in [0.15, 0.2) is 0 Å². The van der Waals surface area contributed by atoms with Crippen LogP contribution in [0.3, 0.4) is 0 Å². The van der Waals surface area contributed by atoms with Crippen LogP contribution in [0.4, 0.5) is 0 Å². The summed E-state index contributed by atoms with van der Waals surface area (Å²) < 4.78 is 0. The molecule has 1 N–H and O–H groups in total. The third-order valence-corrected chi connectivity index (χ3v) is 10.2. The van der Waals surface area contributed by atoms with Crippen molar-refractivity contribution >= 4 is 29.0 Å². The zero-order chi connectivity index (χ0) is 23.8. The second-order valence-corrected chi connectivity index (χ2v) is 12.4. The highest BCUT2D eigenvalue weighted by molar-refractivity contribution is 7.98. The van der Waals surface area contributed by atoms with E-state index in [1.54, 1.807) is 11.0 Å². The van der Waals surface area contributed by atoms with Crippen molar-refractivity contribution in [2.45, 2.75) is 62.7 Å². The Kier molecular flexibility index (Phi) is 7.37. The van der Waals surface area contributed by atoms with Gasteiger partial charge >= 0.3 is 0 Å². The fourth-order valence-electron chi connectivity index (χ4n) is 6.13. The van der Waals surface area contributed by atoms with Crippen molar-refractivity contribution in [1.29, 1.82) is 0 Å². The fraction of sp³-hybridized carbons (Fsp3) is 0.556. The number of thiazole rings is 1. The molecule has 2 aromatic rings. The average Bonchev–Trinajstić information content (AvgIpc) is 3.20. The molecule has 2 aliphatic carbocycles. The molecule has 33 heavy (non-hydrogen) atoms. The fourth-order valence-corrected chi connectivity index (χ4v) is 8.42. The van der Waals surface area contributed by atoms with Gasteiger partial charge in [-0.15, -0.1) is 29.7 Å². The molecule has 1 aromatic heterocycles. The van der Waals surface area contributed by atoms with Crippen molar-refractivity contribution in [1.82, 2.24) is 9.88 Å². The Morgan fingerprint density at radius 2 is 2.15 bits per heavy atom. The number of thioether (sulfide) groups is 1. The first-order chi connectivity index (χ1) is 15.7. The topological polar surface area (TPSA) is 53.4 Å². The number of aliphatic hydroxyl groups is 1. The highest BCUT2D eigenvalue weighted by Gasteiger charge is 2.54. The quantitative estimate of drug-likeness (QED) is 0.400. The van der Waals surface area contributed by atoms with Crippen LogP contribution in [0, 0.1) is 23.2 Å². The van der Waals surface area contributed by atoms with E-state index in [1.165, 1.54) is 20.5 Å². The maximum Gasteiger partial charge on any atom is 0.225 e. The molecule has 1 saturated carbocycles. The Morgan fingerprint density at radius 3 is 2.85 bits per heavy atom. The molecule has 2 aliphatic rings. The second kappa shape index (κ2) is 9.93. The molecule has 1 fully saturated rings. The molecule has 1 heterocycles. The molecule has 6 heteroatoms. The summed E-state index contributed by atoms with van der Waals surface area (Å²) in [4.78, 5) is 22.4. The Morgan fingerprint density at radius 1 is 1.42 bits per heavy atom. The van der Waals surface area contributed by atoms with Crippen LogP contribution in [-0.4, -0.2) is 40.6 Å². The Hall–Kier alpha value is -1.63. The van der Waals surface area contributed by atoms with Crippen LogP contribution in [0.2, 0.25) is 0 Å². The number of hydrogen-bond acceptors (Lipinski definition) is 5. The number of carbonyl (C=O) groups excluding carboxylic acids is 1. The first-order valence-corrected chi connectivity index (χ1v) is 13.8. The maximum atomic E-state index is 12.9. The number of hydrogen-bond donors (Lipinski definition) is 1. The van der Waals surface area contributed by atoms with Gasteiger partial charge < -0.3 is 10.0 Å². The molecule has 0 aliphatic heterocycles. The molecule has 1 amide bonds. The molecule has 4 nitrogen and oxygen atoms in total. The monoisotopic (exact) mass is 484 g/mol. The van der Waals surface area contributed by atoms with E-state index in [0.717, 1.165) is 25.0 Å². The minimum atomic E-state index is -0.494. The summed E-state index contributed by atoms with van der Waals surface area (Å²) in [7, 11) is 1.82. The third-order valence-electron chi connectivity index (χ3n) is 7.88. The lowest BCUT2D eigenvalue weighted by Gasteiger charge is -2.53. The summed E-state index contributed by atoms with van der Waals surface area (Å²) >= 11 is 3.68. The summed E-state index contributed by atoms with van der Waals surface area (Å²) in [6.45, 7) is 10.8. The van der Waals surface area contributed by atoms with Crippen LogP contribution in [0.25, 0.3) is 0 Å². The van der Waals surface area contributed by atoms with Crippen LogP contribution < -0.4 is 0 Å². The summed E-state index contributed by atoms with van der Waals surface area (Å²) in [5, 5.41) is 12.8. The van der Waals surface area contributed by atoms with Crippen molar-refractivity contribution in [3.05, 3.63) is 58.6 Å². The summed E-state index contributed by atoms with van der Waals surface area (Å²) in [5.41, 5.74) is 1.22. The molecule has 0 saturated heterocycles. The molecule has 4 rings (SSSR count). The number of nitrogens with zero attached hydrogens (tertiary/aromatic N) is 2. The van der Waals surface area contributed by atoms with E-state index in [0.29, 0.717) is 6.54 Å². The molecule has 1 aromatic carbocycles. The number of likely N-dealkylation sites (N-methyl/N-ethyl adjacent to an activating group) is 1. The largest absolute Gasteiger partial charge is 0.392 e. The second-order valence-electron chi connectivity index (χ2n) is 10.2. The number of fused-ring (bicyclic) bond motifs is 2. The van der Waals surface area contributed by atoms with E-state index in [1.807, 2.05) is 43.1 Å². The zero-order valence-corrected chi connectivity index (χ0v) is 21.8. The van der Waals surface area contributed by atoms with E-state index in [-0.39, 0.29) is 35.0 Å². The van der Waals surface area contributed by atoms with E-state index in [9.17, 15) is 9.90 Å². The number of amides is 1. The molecule has 0 unspecified atom stereocenters. The zero-order valence-electron chi connectivity index (χ0n) is 20.2. The average molecular weight is 485 g/mol. The molecule has 0 bridgehead atoms. The number of aliphatic hydroxyl groups excluding tert-OH is 1. The lowest BCUT2D eigenvalue weighted by atomic mass is 9.53. The number of carbonyl (C=O) groups is 1. The Bertz CT molecular complexity index is 991. The van der Waals surface area contributed by atoms with Crippen molar-refractivity contribution in [2.75, 3.05) is 13.6 Å². The molecule has 0 radical (unpaired) electrons. The number of aromatic nitrogens is 1. The minimum Gasteiger partial charge on any atom is -0.392 e.